The van der Waals surface area contributed by atoms with Crippen LogP contribution in [0.1, 0.15) is 36.7 Å². The number of hydrogen-bond donors (Lipinski definition) is 1. The first kappa shape index (κ1) is 27.1. The summed E-state index contributed by atoms with van der Waals surface area (Å²) in [6, 6.07) is 26.1. The molecule has 0 spiro atoms. The molecule has 1 N–H and O–H groups in total. The molecule has 5 aromatic rings. The lowest BCUT2D eigenvalue weighted by Crippen LogP contribution is -2.30. The monoisotopic (exact) mass is 536 g/mol. The fourth-order valence-corrected chi connectivity index (χ4v) is 5.17. The first-order valence-corrected chi connectivity index (χ1v) is 14.0. The summed E-state index contributed by atoms with van der Waals surface area (Å²) in [5.41, 5.74) is 4.28. The van der Waals surface area contributed by atoms with Gasteiger partial charge in [0.25, 0.3) is 5.56 Å². The normalized spacial score (nSPS) is 11.2. The van der Waals surface area contributed by atoms with Crippen molar-refractivity contribution in [1.29, 1.82) is 0 Å². The molecule has 2 heterocycles. The van der Waals surface area contributed by atoms with Crippen LogP contribution in [0.15, 0.2) is 83.7 Å². The van der Waals surface area contributed by atoms with Crippen LogP contribution in [0.2, 0.25) is 0 Å². The fourth-order valence-electron chi connectivity index (χ4n) is 5.17. The summed E-state index contributed by atoms with van der Waals surface area (Å²) in [4.78, 5) is 28.4. The number of carbonyl (C=O) groups is 1. The van der Waals surface area contributed by atoms with Crippen molar-refractivity contribution in [2.24, 2.45) is 0 Å². The number of fused-ring (bicyclic) bond motifs is 3. The second-order valence-corrected chi connectivity index (χ2v) is 10.1. The van der Waals surface area contributed by atoms with Gasteiger partial charge in [0.1, 0.15) is 5.82 Å². The predicted molar refractivity (Wildman–Crippen MR) is 160 cm³/mol. The number of rotatable bonds is 12. The molecular formula is C32H36N6O2. The maximum Gasteiger partial charge on any atom is 0.262 e. The highest BCUT2D eigenvalue weighted by Gasteiger charge is 2.17. The minimum Gasteiger partial charge on any atom is -0.372 e. The Morgan fingerprint density at radius 3 is 2.55 bits per heavy atom. The van der Waals surface area contributed by atoms with Crippen LogP contribution in [-0.4, -0.2) is 44.7 Å². The van der Waals surface area contributed by atoms with Gasteiger partial charge in [-0.2, -0.15) is 0 Å². The predicted octanol–water partition coefficient (Wildman–Crippen LogP) is 4.56. The molecule has 2 aromatic heterocycles. The van der Waals surface area contributed by atoms with Crippen LogP contribution in [-0.2, 0) is 24.2 Å². The molecule has 5 rings (SSSR count). The van der Waals surface area contributed by atoms with Crippen LogP contribution in [0.4, 0.5) is 5.69 Å². The van der Waals surface area contributed by atoms with Gasteiger partial charge in [-0.3, -0.25) is 18.6 Å². The van der Waals surface area contributed by atoms with E-state index in [1.165, 1.54) is 11.3 Å². The first-order valence-electron chi connectivity index (χ1n) is 14.0. The number of anilines is 1. The molecule has 1 amide bonds. The van der Waals surface area contributed by atoms with E-state index in [1.54, 1.807) is 4.57 Å². The van der Waals surface area contributed by atoms with Crippen molar-refractivity contribution in [3.8, 4) is 0 Å². The van der Waals surface area contributed by atoms with E-state index in [4.69, 9.17) is 0 Å². The van der Waals surface area contributed by atoms with E-state index in [0.717, 1.165) is 30.6 Å². The van der Waals surface area contributed by atoms with Gasteiger partial charge in [-0.15, -0.1) is 10.2 Å². The van der Waals surface area contributed by atoms with Gasteiger partial charge in [0.15, 0.2) is 0 Å². The molecule has 8 nitrogen and oxygen atoms in total. The van der Waals surface area contributed by atoms with E-state index in [2.05, 4.69) is 70.7 Å². The maximum atomic E-state index is 13.4. The van der Waals surface area contributed by atoms with Gasteiger partial charge in [-0.05, 0) is 62.1 Å². The fraction of sp³-hybridized carbons (Fsp3) is 0.312. The summed E-state index contributed by atoms with van der Waals surface area (Å²) in [7, 11) is 0. The van der Waals surface area contributed by atoms with E-state index >= 15 is 0 Å². The zero-order valence-corrected chi connectivity index (χ0v) is 23.2. The van der Waals surface area contributed by atoms with Gasteiger partial charge in [-0.25, -0.2) is 0 Å². The van der Waals surface area contributed by atoms with E-state index in [9.17, 15) is 9.59 Å². The van der Waals surface area contributed by atoms with Crippen LogP contribution >= 0.6 is 0 Å². The minimum absolute atomic E-state index is 0.0166. The lowest BCUT2D eigenvalue weighted by Gasteiger charge is -2.23. The number of para-hydroxylation sites is 1. The minimum atomic E-state index is -0.0810. The highest BCUT2D eigenvalue weighted by Crippen LogP contribution is 2.17. The van der Waals surface area contributed by atoms with Gasteiger partial charge in [0, 0.05) is 44.7 Å². The maximum absolute atomic E-state index is 13.4. The van der Waals surface area contributed by atoms with Crippen LogP contribution in [0, 0.1) is 6.92 Å². The van der Waals surface area contributed by atoms with Crippen molar-refractivity contribution in [2.45, 2.75) is 46.1 Å². The zero-order chi connectivity index (χ0) is 27.9. The Balaban J connectivity index is 1.24. The molecule has 0 saturated heterocycles. The quantitative estimate of drug-likeness (QED) is 0.236. The summed E-state index contributed by atoms with van der Waals surface area (Å²) in [5, 5.41) is 12.5. The SMILES string of the molecule is CCN(CCCNC(=O)CCc1nnc2n(CCc3ccccc3)c(=O)c3ccccc3n12)c1cccc(C)c1. The molecule has 40 heavy (non-hydrogen) atoms. The standard InChI is InChI=1S/C32H36N6O2/c1-3-36(26-14-9-11-24(2)23-26)21-10-20-33-30(39)18-17-29-34-35-32-37(22-19-25-12-5-4-6-13-25)31(40)27-15-7-8-16-28(27)38(29)32/h4-9,11-16,23H,3,10,17-22H2,1-2H3,(H,33,39). The highest BCUT2D eigenvalue weighted by atomic mass is 16.1. The lowest BCUT2D eigenvalue weighted by molar-refractivity contribution is -0.121. The average Bonchev–Trinajstić information content (AvgIpc) is 3.40. The molecule has 0 aliphatic carbocycles. The zero-order valence-electron chi connectivity index (χ0n) is 23.2. The molecule has 0 saturated carbocycles. The lowest BCUT2D eigenvalue weighted by atomic mass is 10.1. The third-order valence-corrected chi connectivity index (χ3v) is 7.29. The molecular weight excluding hydrogens is 500 g/mol. The number of nitrogens with one attached hydrogen (secondary N) is 1. The molecule has 0 fully saturated rings. The van der Waals surface area contributed by atoms with E-state index < -0.39 is 0 Å². The van der Waals surface area contributed by atoms with Crippen molar-refractivity contribution < 1.29 is 4.79 Å². The van der Waals surface area contributed by atoms with Crippen molar-refractivity contribution in [2.75, 3.05) is 24.5 Å². The van der Waals surface area contributed by atoms with Crippen molar-refractivity contribution in [3.05, 3.63) is 106 Å². The molecule has 0 radical (unpaired) electrons. The average molecular weight is 537 g/mol. The van der Waals surface area contributed by atoms with Crippen LogP contribution in [0.5, 0.6) is 0 Å². The highest BCUT2D eigenvalue weighted by molar-refractivity contribution is 5.80. The first-order chi connectivity index (χ1) is 19.5. The van der Waals surface area contributed by atoms with Crippen LogP contribution < -0.4 is 15.8 Å². The van der Waals surface area contributed by atoms with Gasteiger partial charge >= 0.3 is 0 Å². The molecule has 206 valence electrons. The van der Waals surface area contributed by atoms with Crippen molar-refractivity contribution in [3.63, 3.8) is 0 Å². The van der Waals surface area contributed by atoms with E-state index in [-0.39, 0.29) is 11.5 Å². The number of carbonyl (C=O) groups excluding carboxylic acids is 1. The Morgan fingerprint density at radius 2 is 1.75 bits per heavy atom. The Labute approximate surface area is 234 Å². The Bertz CT molecular complexity index is 1660. The van der Waals surface area contributed by atoms with Crippen molar-refractivity contribution in [1.82, 2.24) is 24.5 Å². The van der Waals surface area contributed by atoms with Gasteiger partial charge in [-0.1, -0.05) is 54.6 Å². The molecule has 0 aliphatic heterocycles. The number of benzene rings is 3. The number of nitrogens with zero attached hydrogens (tertiary/aromatic N) is 5. The Morgan fingerprint density at radius 1 is 0.950 bits per heavy atom. The molecule has 0 unspecified atom stereocenters. The third kappa shape index (κ3) is 6.06. The Kier molecular flexibility index (Phi) is 8.54. The number of amides is 1. The summed E-state index contributed by atoms with van der Waals surface area (Å²) in [5.74, 6) is 1.16. The molecule has 0 aliphatic rings. The Hall–Kier alpha value is -4.46. The van der Waals surface area contributed by atoms with Crippen LogP contribution in [0.3, 0.4) is 0 Å². The number of aryl methyl sites for hydroxylation is 4. The smallest absolute Gasteiger partial charge is 0.262 e. The van der Waals surface area contributed by atoms with Crippen molar-refractivity contribution >= 4 is 28.3 Å². The summed E-state index contributed by atoms with van der Waals surface area (Å²) >= 11 is 0. The summed E-state index contributed by atoms with van der Waals surface area (Å²) < 4.78 is 3.62. The number of hydrogen-bond acceptors (Lipinski definition) is 5. The second-order valence-electron chi connectivity index (χ2n) is 10.1. The van der Waals surface area contributed by atoms with Crippen LogP contribution in [0.25, 0.3) is 16.7 Å². The van der Waals surface area contributed by atoms with Gasteiger partial charge in [0.2, 0.25) is 11.7 Å². The van der Waals surface area contributed by atoms with Gasteiger partial charge < -0.3 is 10.2 Å². The topological polar surface area (TPSA) is 84.5 Å². The summed E-state index contributed by atoms with van der Waals surface area (Å²) in [6.07, 6.45) is 2.30. The number of aromatic nitrogens is 4. The molecule has 0 atom stereocenters. The second kappa shape index (κ2) is 12.6. The molecule has 3 aromatic carbocycles. The van der Waals surface area contributed by atoms with E-state index in [1.807, 2.05) is 46.9 Å². The van der Waals surface area contributed by atoms with Gasteiger partial charge in [0.05, 0.1) is 10.9 Å². The molecule has 0 bridgehead atoms. The van der Waals surface area contributed by atoms with E-state index in [0.29, 0.717) is 49.3 Å². The third-order valence-electron chi connectivity index (χ3n) is 7.29. The molecule has 8 heteroatoms. The summed E-state index contributed by atoms with van der Waals surface area (Å²) in [6.45, 7) is 7.15. The largest absolute Gasteiger partial charge is 0.372 e.